The van der Waals surface area contributed by atoms with E-state index < -0.39 is 0 Å². The summed E-state index contributed by atoms with van der Waals surface area (Å²) in [6.07, 6.45) is 9.13. The van der Waals surface area contributed by atoms with E-state index in [1.54, 1.807) is 0 Å². The van der Waals surface area contributed by atoms with E-state index in [1.807, 2.05) is 0 Å². The lowest BCUT2D eigenvalue weighted by molar-refractivity contribution is -0.121. The lowest BCUT2D eigenvalue weighted by Crippen LogP contribution is -2.51. The lowest BCUT2D eigenvalue weighted by Gasteiger charge is -2.42. The Morgan fingerprint density at radius 3 is 2.55 bits per heavy atom. The van der Waals surface area contributed by atoms with E-state index in [4.69, 9.17) is 5.73 Å². The third-order valence-corrected chi connectivity index (χ3v) is 5.23. The third kappa shape index (κ3) is 3.52. The van der Waals surface area contributed by atoms with Crippen molar-refractivity contribution in [3.05, 3.63) is 0 Å². The highest BCUT2D eigenvalue weighted by Gasteiger charge is 2.38. The van der Waals surface area contributed by atoms with E-state index >= 15 is 0 Å². The molecular formula is C16H27N3O. The van der Waals surface area contributed by atoms with Crippen LogP contribution in [0, 0.1) is 23.2 Å². The average Bonchev–Trinajstić information content (AvgIpc) is 2.97. The van der Waals surface area contributed by atoms with Crippen LogP contribution in [-0.4, -0.2) is 29.4 Å². The molecule has 3 atom stereocenters. The van der Waals surface area contributed by atoms with Crippen LogP contribution in [0.4, 0.5) is 0 Å². The van der Waals surface area contributed by atoms with Crippen molar-refractivity contribution < 1.29 is 4.79 Å². The van der Waals surface area contributed by atoms with Gasteiger partial charge in [-0.05, 0) is 38.0 Å². The van der Waals surface area contributed by atoms with Crippen LogP contribution >= 0.6 is 0 Å². The van der Waals surface area contributed by atoms with Gasteiger partial charge in [0.1, 0.15) is 0 Å². The summed E-state index contributed by atoms with van der Waals surface area (Å²) in [4.78, 5) is 13.7. The minimum Gasteiger partial charge on any atom is -0.369 e. The molecule has 0 aliphatic heterocycles. The van der Waals surface area contributed by atoms with E-state index in [1.165, 1.54) is 19.3 Å². The number of hydrogen-bond acceptors (Lipinski definition) is 3. The van der Waals surface area contributed by atoms with Gasteiger partial charge in [0.05, 0.1) is 18.5 Å². The van der Waals surface area contributed by atoms with Gasteiger partial charge in [-0.25, -0.2) is 0 Å². The van der Waals surface area contributed by atoms with Crippen molar-refractivity contribution in [2.45, 2.75) is 70.4 Å². The fraction of sp³-hybridized carbons (Fsp3) is 0.875. The van der Waals surface area contributed by atoms with Gasteiger partial charge < -0.3 is 5.73 Å². The molecule has 3 unspecified atom stereocenters. The molecule has 2 aliphatic rings. The number of carbonyl (C=O) groups is 1. The molecule has 0 spiro atoms. The fourth-order valence-corrected chi connectivity index (χ4v) is 4.05. The zero-order chi connectivity index (χ0) is 14.5. The van der Waals surface area contributed by atoms with Crippen LogP contribution < -0.4 is 5.73 Å². The normalized spacial score (nSPS) is 31.4. The van der Waals surface area contributed by atoms with E-state index in [0.717, 1.165) is 32.1 Å². The van der Waals surface area contributed by atoms with E-state index in [2.05, 4.69) is 17.9 Å². The maximum Gasteiger partial charge on any atom is 0.231 e. The van der Waals surface area contributed by atoms with Gasteiger partial charge in [0.25, 0.3) is 0 Å². The Morgan fingerprint density at radius 2 is 2.00 bits per heavy atom. The number of primary amides is 1. The molecule has 20 heavy (non-hydrogen) atoms. The summed E-state index contributed by atoms with van der Waals surface area (Å²) in [6, 6.07) is 3.17. The second kappa shape index (κ2) is 7.08. The molecule has 0 bridgehead atoms. The maximum atomic E-state index is 11.5. The van der Waals surface area contributed by atoms with Crippen LogP contribution in [0.5, 0.6) is 0 Å². The van der Waals surface area contributed by atoms with Crippen molar-refractivity contribution in [3.8, 4) is 6.07 Å². The SMILES string of the molecule is CCC1CCC(C#N)C(N(CC(N)=O)C2CCCC2)C1. The molecule has 2 saturated carbocycles. The van der Waals surface area contributed by atoms with Gasteiger partial charge in [-0.1, -0.05) is 26.2 Å². The molecule has 2 rings (SSSR count). The number of nitrogens with two attached hydrogens (primary N) is 1. The molecule has 0 radical (unpaired) electrons. The topological polar surface area (TPSA) is 70.1 Å². The number of nitriles is 1. The summed E-state index contributed by atoms with van der Waals surface area (Å²) in [5.74, 6) is 0.506. The molecule has 2 N–H and O–H groups in total. The smallest absolute Gasteiger partial charge is 0.231 e. The zero-order valence-corrected chi connectivity index (χ0v) is 12.6. The third-order valence-electron chi connectivity index (χ3n) is 5.23. The Bertz CT molecular complexity index is 370. The molecule has 0 aromatic heterocycles. The number of rotatable bonds is 5. The van der Waals surface area contributed by atoms with Gasteiger partial charge in [-0.15, -0.1) is 0 Å². The van der Waals surface area contributed by atoms with Crippen LogP contribution in [-0.2, 0) is 4.79 Å². The summed E-state index contributed by atoms with van der Waals surface area (Å²) in [5.41, 5.74) is 5.46. The van der Waals surface area contributed by atoms with Crippen molar-refractivity contribution >= 4 is 5.91 Å². The highest BCUT2D eigenvalue weighted by Crippen LogP contribution is 2.37. The van der Waals surface area contributed by atoms with Gasteiger partial charge in [0.15, 0.2) is 0 Å². The van der Waals surface area contributed by atoms with E-state index in [-0.39, 0.29) is 17.9 Å². The van der Waals surface area contributed by atoms with Gasteiger partial charge in [0.2, 0.25) is 5.91 Å². The van der Waals surface area contributed by atoms with Crippen molar-refractivity contribution in [1.82, 2.24) is 4.90 Å². The molecule has 0 heterocycles. The van der Waals surface area contributed by atoms with E-state index in [0.29, 0.717) is 18.5 Å². The molecule has 0 aromatic carbocycles. The monoisotopic (exact) mass is 277 g/mol. The van der Waals surface area contributed by atoms with Gasteiger partial charge in [0, 0.05) is 12.1 Å². The Kier molecular flexibility index (Phi) is 5.42. The second-order valence-electron chi connectivity index (χ2n) is 6.47. The summed E-state index contributed by atoms with van der Waals surface area (Å²) in [7, 11) is 0. The first-order chi connectivity index (χ1) is 9.65. The van der Waals surface area contributed by atoms with Crippen LogP contribution in [0.25, 0.3) is 0 Å². The first-order valence-electron chi connectivity index (χ1n) is 8.09. The van der Waals surface area contributed by atoms with Crippen LogP contribution in [0.2, 0.25) is 0 Å². The molecule has 4 heteroatoms. The Balaban J connectivity index is 2.14. The van der Waals surface area contributed by atoms with Crippen molar-refractivity contribution in [2.75, 3.05) is 6.54 Å². The van der Waals surface area contributed by atoms with Crippen LogP contribution in [0.15, 0.2) is 0 Å². The molecule has 0 saturated heterocycles. The number of hydrogen-bond donors (Lipinski definition) is 1. The summed E-state index contributed by atoms with van der Waals surface area (Å²) >= 11 is 0. The van der Waals surface area contributed by atoms with Crippen molar-refractivity contribution in [3.63, 3.8) is 0 Å². The van der Waals surface area contributed by atoms with Crippen LogP contribution in [0.1, 0.15) is 58.3 Å². The average molecular weight is 277 g/mol. The van der Waals surface area contributed by atoms with Crippen LogP contribution in [0.3, 0.4) is 0 Å². The van der Waals surface area contributed by atoms with Crippen molar-refractivity contribution in [2.24, 2.45) is 17.6 Å². The molecule has 4 nitrogen and oxygen atoms in total. The Morgan fingerprint density at radius 1 is 1.30 bits per heavy atom. The number of nitrogens with zero attached hydrogens (tertiary/aromatic N) is 2. The molecule has 2 fully saturated rings. The summed E-state index contributed by atoms with van der Waals surface area (Å²) in [5, 5.41) is 9.45. The minimum atomic E-state index is -0.257. The second-order valence-corrected chi connectivity index (χ2v) is 6.47. The molecule has 112 valence electrons. The van der Waals surface area contributed by atoms with Crippen molar-refractivity contribution in [1.29, 1.82) is 5.26 Å². The summed E-state index contributed by atoms with van der Waals surface area (Å²) < 4.78 is 0. The number of carbonyl (C=O) groups excluding carboxylic acids is 1. The first-order valence-corrected chi connectivity index (χ1v) is 8.09. The lowest BCUT2D eigenvalue weighted by atomic mass is 9.76. The number of amides is 1. The Labute approximate surface area is 122 Å². The van der Waals surface area contributed by atoms with Gasteiger partial charge in [-0.3, -0.25) is 9.69 Å². The quantitative estimate of drug-likeness (QED) is 0.839. The fourth-order valence-electron chi connectivity index (χ4n) is 4.05. The van der Waals surface area contributed by atoms with Gasteiger partial charge in [-0.2, -0.15) is 5.26 Å². The largest absolute Gasteiger partial charge is 0.369 e. The zero-order valence-electron chi connectivity index (χ0n) is 12.6. The highest BCUT2D eigenvalue weighted by molar-refractivity contribution is 5.76. The highest BCUT2D eigenvalue weighted by atomic mass is 16.1. The molecular weight excluding hydrogens is 250 g/mol. The van der Waals surface area contributed by atoms with Gasteiger partial charge >= 0.3 is 0 Å². The summed E-state index contributed by atoms with van der Waals surface area (Å²) in [6.45, 7) is 2.55. The molecule has 0 aromatic rings. The predicted octanol–water partition coefficient (Wildman–Crippen LogP) is 2.43. The maximum absolute atomic E-state index is 11.5. The molecule has 2 aliphatic carbocycles. The Hall–Kier alpha value is -1.08. The molecule has 1 amide bonds. The predicted molar refractivity (Wildman–Crippen MR) is 78.7 cm³/mol. The van der Waals surface area contributed by atoms with E-state index in [9.17, 15) is 10.1 Å². The first kappa shape index (κ1) is 15.3. The minimum absolute atomic E-state index is 0.0674. The standard InChI is InChI=1S/C16H27N3O/c1-2-12-7-8-13(10-17)15(9-12)19(11-16(18)20)14-5-3-4-6-14/h12-15H,2-9,11H2,1H3,(H2,18,20).